The minimum Gasteiger partial charge on any atom is -0.486 e. The molecule has 2 rings (SSSR count). The number of hydrogen-bond donors (Lipinski definition) is 1. The molecular weight excluding hydrogens is 280 g/mol. The third-order valence-corrected chi connectivity index (χ3v) is 3.59. The maximum Gasteiger partial charge on any atom is 0.140 e. The third-order valence-electron chi connectivity index (χ3n) is 2.47. The highest BCUT2D eigenvalue weighted by atomic mass is 35.5. The van der Waals surface area contributed by atoms with E-state index in [0.717, 1.165) is 23.0 Å². The van der Waals surface area contributed by atoms with Gasteiger partial charge in [0.05, 0.1) is 5.69 Å². The maximum absolute atomic E-state index is 5.82. The lowest BCUT2D eigenvalue weighted by Crippen LogP contribution is -2.21. The zero-order valence-electron chi connectivity index (χ0n) is 11.0. The summed E-state index contributed by atoms with van der Waals surface area (Å²) in [5.74, 6) is 0.807. The Kier molecular flexibility index (Phi) is 5.19. The Morgan fingerprint density at radius 1 is 1.32 bits per heavy atom. The van der Waals surface area contributed by atoms with Gasteiger partial charge in [-0.15, -0.1) is 11.3 Å². The van der Waals surface area contributed by atoms with E-state index in [4.69, 9.17) is 16.3 Å². The van der Waals surface area contributed by atoms with Crippen molar-refractivity contribution >= 4 is 22.9 Å². The minimum absolute atomic E-state index is 0.468. The van der Waals surface area contributed by atoms with E-state index in [1.165, 1.54) is 0 Å². The number of nitrogens with zero attached hydrogens (tertiary/aromatic N) is 1. The molecule has 0 radical (unpaired) electrons. The van der Waals surface area contributed by atoms with Gasteiger partial charge in [0.2, 0.25) is 0 Å². The second kappa shape index (κ2) is 6.89. The molecule has 0 aliphatic carbocycles. The Balaban J connectivity index is 1.84. The summed E-state index contributed by atoms with van der Waals surface area (Å²) in [5.41, 5.74) is 1.06. The average Bonchev–Trinajstić information content (AvgIpc) is 2.84. The van der Waals surface area contributed by atoms with Crippen LogP contribution in [0.5, 0.6) is 5.75 Å². The third kappa shape index (κ3) is 4.82. The summed E-state index contributed by atoms with van der Waals surface area (Å²) in [7, 11) is 0. The first-order valence-corrected chi connectivity index (χ1v) is 7.44. The zero-order chi connectivity index (χ0) is 13.7. The topological polar surface area (TPSA) is 34.1 Å². The number of hydrogen-bond acceptors (Lipinski definition) is 4. The molecule has 0 atom stereocenters. The average molecular weight is 297 g/mol. The smallest absolute Gasteiger partial charge is 0.140 e. The van der Waals surface area contributed by atoms with E-state index in [-0.39, 0.29) is 0 Å². The molecule has 0 amide bonds. The van der Waals surface area contributed by atoms with E-state index in [1.54, 1.807) is 11.3 Å². The van der Waals surface area contributed by atoms with Crippen molar-refractivity contribution in [2.45, 2.75) is 33.0 Å². The molecule has 5 heteroatoms. The van der Waals surface area contributed by atoms with Crippen molar-refractivity contribution in [3.05, 3.63) is 45.4 Å². The maximum atomic E-state index is 5.82. The molecule has 0 spiro atoms. The first kappa shape index (κ1) is 14.3. The van der Waals surface area contributed by atoms with Gasteiger partial charge in [0.1, 0.15) is 17.4 Å². The lowest BCUT2D eigenvalue weighted by Gasteiger charge is -2.05. The molecule has 1 aromatic heterocycles. The van der Waals surface area contributed by atoms with E-state index in [9.17, 15) is 0 Å². The van der Waals surface area contributed by atoms with Crippen molar-refractivity contribution in [2.75, 3.05) is 0 Å². The summed E-state index contributed by atoms with van der Waals surface area (Å²) in [6.45, 7) is 5.54. The van der Waals surface area contributed by atoms with Gasteiger partial charge in [0.25, 0.3) is 0 Å². The largest absolute Gasteiger partial charge is 0.486 e. The molecule has 3 nitrogen and oxygen atoms in total. The van der Waals surface area contributed by atoms with Gasteiger partial charge in [-0.1, -0.05) is 25.4 Å². The standard InChI is InChI=1S/C14H17ClN2OS/c1-10(2)16-7-12-9-19-14(17-12)8-18-13-5-3-11(15)4-6-13/h3-6,9-10,16H,7-8H2,1-2H3. The lowest BCUT2D eigenvalue weighted by molar-refractivity contribution is 0.305. The normalized spacial score (nSPS) is 10.9. The van der Waals surface area contributed by atoms with Crippen molar-refractivity contribution in [2.24, 2.45) is 0 Å². The van der Waals surface area contributed by atoms with Gasteiger partial charge in [0.15, 0.2) is 0 Å². The summed E-state index contributed by atoms with van der Waals surface area (Å²) in [6.07, 6.45) is 0. The second-order valence-corrected chi connectivity index (χ2v) is 5.89. The van der Waals surface area contributed by atoms with E-state index in [2.05, 4.69) is 29.5 Å². The van der Waals surface area contributed by atoms with Crippen LogP contribution in [0, 0.1) is 0 Å². The summed E-state index contributed by atoms with van der Waals surface area (Å²) < 4.78 is 5.65. The molecule has 0 bridgehead atoms. The molecule has 0 saturated carbocycles. The van der Waals surface area contributed by atoms with Crippen molar-refractivity contribution in [1.29, 1.82) is 0 Å². The van der Waals surface area contributed by atoms with Crippen LogP contribution in [0.25, 0.3) is 0 Å². The second-order valence-electron chi connectivity index (χ2n) is 4.51. The van der Waals surface area contributed by atoms with Gasteiger partial charge in [-0.25, -0.2) is 4.98 Å². The minimum atomic E-state index is 0.468. The van der Waals surface area contributed by atoms with Crippen molar-refractivity contribution < 1.29 is 4.74 Å². The number of nitrogens with one attached hydrogen (secondary N) is 1. The monoisotopic (exact) mass is 296 g/mol. The Labute approximate surface area is 122 Å². The van der Waals surface area contributed by atoms with Crippen LogP contribution in [-0.2, 0) is 13.2 Å². The molecule has 0 aliphatic heterocycles. The lowest BCUT2D eigenvalue weighted by atomic mass is 10.3. The number of rotatable bonds is 6. The summed E-state index contributed by atoms with van der Waals surface area (Å²) in [4.78, 5) is 4.52. The molecular formula is C14H17ClN2OS. The number of thiazole rings is 1. The summed E-state index contributed by atoms with van der Waals surface area (Å²) in [5, 5.41) is 7.10. The van der Waals surface area contributed by atoms with Crippen molar-refractivity contribution in [1.82, 2.24) is 10.3 Å². The molecule has 0 aliphatic rings. The molecule has 0 saturated heterocycles. The molecule has 19 heavy (non-hydrogen) atoms. The Hall–Kier alpha value is -1.10. The van der Waals surface area contributed by atoms with Crippen LogP contribution in [0.4, 0.5) is 0 Å². The van der Waals surface area contributed by atoms with Gasteiger partial charge in [-0.3, -0.25) is 0 Å². The fraction of sp³-hybridized carbons (Fsp3) is 0.357. The van der Waals surface area contributed by atoms with Crippen LogP contribution in [0.2, 0.25) is 5.02 Å². The van der Waals surface area contributed by atoms with Crippen LogP contribution in [0.1, 0.15) is 24.5 Å². The fourth-order valence-corrected chi connectivity index (χ4v) is 2.31. The predicted molar refractivity (Wildman–Crippen MR) is 79.9 cm³/mol. The van der Waals surface area contributed by atoms with E-state index < -0.39 is 0 Å². The van der Waals surface area contributed by atoms with Crippen LogP contribution in [0.3, 0.4) is 0 Å². The van der Waals surface area contributed by atoms with Gasteiger partial charge in [0, 0.05) is 23.0 Å². The van der Waals surface area contributed by atoms with Gasteiger partial charge in [-0.2, -0.15) is 0 Å². The fourth-order valence-electron chi connectivity index (χ4n) is 1.48. The first-order chi connectivity index (χ1) is 9.13. The molecule has 1 heterocycles. The van der Waals surface area contributed by atoms with E-state index in [1.807, 2.05) is 24.3 Å². The Morgan fingerprint density at radius 3 is 2.74 bits per heavy atom. The molecule has 0 fully saturated rings. The zero-order valence-corrected chi connectivity index (χ0v) is 12.6. The Morgan fingerprint density at radius 2 is 2.05 bits per heavy atom. The number of aromatic nitrogens is 1. The molecule has 2 aromatic rings. The Bertz CT molecular complexity index is 510. The number of ether oxygens (including phenoxy) is 1. The SMILES string of the molecule is CC(C)NCc1csc(COc2ccc(Cl)cc2)n1. The first-order valence-electron chi connectivity index (χ1n) is 6.18. The van der Waals surface area contributed by atoms with Crippen LogP contribution < -0.4 is 10.1 Å². The highest BCUT2D eigenvalue weighted by molar-refractivity contribution is 7.09. The predicted octanol–water partition coefficient (Wildman–Crippen LogP) is 3.87. The van der Waals surface area contributed by atoms with Crippen LogP contribution in [-0.4, -0.2) is 11.0 Å². The van der Waals surface area contributed by atoms with E-state index in [0.29, 0.717) is 17.7 Å². The van der Waals surface area contributed by atoms with E-state index >= 15 is 0 Å². The van der Waals surface area contributed by atoms with Crippen LogP contribution >= 0.6 is 22.9 Å². The number of benzene rings is 1. The molecule has 0 unspecified atom stereocenters. The highest BCUT2D eigenvalue weighted by Gasteiger charge is 2.03. The van der Waals surface area contributed by atoms with Crippen molar-refractivity contribution in [3.8, 4) is 5.75 Å². The molecule has 102 valence electrons. The van der Waals surface area contributed by atoms with Gasteiger partial charge >= 0.3 is 0 Å². The quantitative estimate of drug-likeness (QED) is 0.878. The summed E-state index contributed by atoms with van der Waals surface area (Å²) in [6, 6.07) is 7.82. The van der Waals surface area contributed by atoms with Crippen LogP contribution in [0.15, 0.2) is 29.6 Å². The highest BCUT2D eigenvalue weighted by Crippen LogP contribution is 2.18. The van der Waals surface area contributed by atoms with Gasteiger partial charge < -0.3 is 10.1 Å². The van der Waals surface area contributed by atoms with Gasteiger partial charge in [-0.05, 0) is 24.3 Å². The number of halogens is 1. The molecule has 1 aromatic carbocycles. The summed E-state index contributed by atoms with van der Waals surface area (Å²) >= 11 is 7.44. The molecule has 1 N–H and O–H groups in total. The van der Waals surface area contributed by atoms with Crippen molar-refractivity contribution in [3.63, 3.8) is 0 Å².